The Hall–Kier alpha value is -1.86. The van der Waals surface area contributed by atoms with Crippen molar-refractivity contribution in [1.29, 1.82) is 0 Å². The minimum Gasteiger partial charge on any atom is -0.394 e. The van der Waals surface area contributed by atoms with E-state index in [0.717, 1.165) is 4.57 Å². The molecule has 1 saturated heterocycles. The number of rotatable bonds is 6. The zero-order valence-corrected chi connectivity index (χ0v) is 13.5. The molecule has 0 radical (unpaired) electrons. The minimum atomic E-state index is -3.01. The summed E-state index contributed by atoms with van der Waals surface area (Å²) < 4.78 is 27.9. The Morgan fingerprint density at radius 2 is 2.21 bits per heavy atom. The average molecular weight is 359 g/mol. The lowest BCUT2D eigenvalue weighted by Gasteiger charge is -2.21. The second-order valence-electron chi connectivity index (χ2n) is 5.01. The lowest BCUT2D eigenvalue weighted by atomic mass is 10.1. The van der Waals surface area contributed by atoms with Gasteiger partial charge in [-0.2, -0.15) is 0 Å². The summed E-state index contributed by atoms with van der Waals surface area (Å²) in [7, 11) is -3.01. The molecule has 5 unspecified atom stereocenters. The van der Waals surface area contributed by atoms with Crippen LogP contribution in [-0.4, -0.2) is 51.1 Å². The molecule has 11 heteroatoms. The molecule has 1 aromatic heterocycles. The summed E-state index contributed by atoms with van der Waals surface area (Å²) in [6.07, 6.45) is 2.08. The van der Waals surface area contributed by atoms with Crippen molar-refractivity contribution in [2.24, 2.45) is 0 Å². The van der Waals surface area contributed by atoms with E-state index in [9.17, 15) is 19.3 Å². The molecule has 0 spiro atoms. The second kappa shape index (κ2) is 7.81. The maximum atomic E-state index is 12.0. The van der Waals surface area contributed by atoms with Crippen LogP contribution in [0.15, 0.2) is 15.8 Å². The smallest absolute Gasteiger partial charge is 0.394 e. The van der Waals surface area contributed by atoms with Crippen molar-refractivity contribution in [3.05, 3.63) is 32.6 Å². The molecule has 0 aliphatic carbocycles. The molecule has 130 valence electrons. The quantitative estimate of drug-likeness (QED) is 0.424. The van der Waals surface area contributed by atoms with E-state index < -0.39 is 50.7 Å². The van der Waals surface area contributed by atoms with Crippen LogP contribution in [0.4, 0.5) is 0 Å². The van der Waals surface area contributed by atoms with Gasteiger partial charge in [-0.25, -0.2) is 4.79 Å². The van der Waals surface area contributed by atoms with Crippen LogP contribution in [0, 0.1) is 19.3 Å². The van der Waals surface area contributed by atoms with Crippen LogP contribution in [-0.2, 0) is 18.6 Å². The van der Waals surface area contributed by atoms with Crippen molar-refractivity contribution < 1.29 is 28.6 Å². The first kappa shape index (κ1) is 18.5. The number of aliphatic hydroxyl groups is 1. The molecular formula is C13H16N2O8P+. The summed E-state index contributed by atoms with van der Waals surface area (Å²) in [6.45, 7) is 0.766. The van der Waals surface area contributed by atoms with E-state index in [0.29, 0.717) is 0 Å². The molecule has 1 fully saturated rings. The van der Waals surface area contributed by atoms with Crippen molar-refractivity contribution in [3.8, 4) is 12.3 Å². The van der Waals surface area contributed by atoms with Crippen molar-refractivity contribution in [2.45, 2.75) is 31.5 Å². The molecule has 1 aliphatic heterocycles. The maximum absolute atomic E-state index is 12.0. The van der Waals surface area contributed by atoms with E-state index in [4.69, 9.17) is 25.3 Å². The van der Waals surface area contributed by atoms with Crippen molar-refractivity contribution in [3.63, 3.8) is 0 Å². The van der Waals surface area contributed by atoms with Gasteiger partial charge >= 0.3 is 13.9 Å². The van der Waals surface area contributed by atoms with Gasteiger partial charge < -0.3 is 14.6 Å². The van der Waals surface area contributed by atoms with E-state index >= 15 is 0 Å². The monoisotopic (exact) mass is 359 g/mol. The Morgan fingerprint density at radius 3 is 2.79 bits per heavy atom. The predicted octanol–water partition coefficient (Wildman–Crippen LogP) is -1.21. The highest BCUT2D eigenvalue weighted by molar-refractivity contribution is 7.32. The van der Waals surface area contributed by atoms with Gasteiger partial charge in [-0.05, 0) is 6.92 Å². The van der Waals surface area contributed by atoms with Crippen LogP contribution in [0.25, 0.3) is 0 Å². The van der Waals surface area contributed by atoms with Gasteiger partial charge in [0, 0.05) is 16.3 Å². The van der Waals surface area contributed by atoms with Crippen LogP contribution in [0.1, 0.15) is 11.8 Å². The maximum Gasteiger partial charge on any atom is 0.695 e. The summed E-state index contributed by atoms with van der Waals surface area (Å²) in [4.78, 5) is 34.6. The Bertz CT molecular complexity index is 766. The number of terminal acetylenes is 1. The number of nitrogens with zero attached hydrogens (tertiary/aromatic N) is 1. The van der Waals surface area contributed by atoms with Crippen molar-refractivity contribution >= 4 is 8.25 Å². The van der Waals surface area contributed by atoms with Crippen LogP contribution in [0.3, 0.4) is 0 Å². The molecule has 3 N–H and O–H groups in total. The molecule has 0 saturated carbocycles. The molecule has 1 aliphatic rings. The number of aliphatic hydroxyl groups excluding tert-OH is 1. The van der Waals surface area contributed by atoms with E-state index in [-0.39, 0.29) is 12.2 Å². The normalized spacial score (nSPS) is 27.0. The summed E-state index contributed by atoms with van der Waals surface area (Å²) in [6, 6.07) is 0. The van der Waals surface area contributed by atoms with Crippen LogP contribution < -0.4 is 11.2 Å². The summed E-state index contributed by atoms with van der Waals surface area (Å²) >= 11 is 0. The lowest BCUT2D eigenvalue weighted by Crippen LogP contribution is -2.40. The van der Waals surface area contributed by atoms with Crippen LogP contribution in [0.5, 0.6) is 0 Å². The highest BCUT2D eigenvalue weighted by Crippen LogP contribution is 2.36. The van der Waals surface area contributed by atoms with E-state index in [2.05, 4.69) is 10.9 Å². The Kier molecular flexibility index (Phi) is 6.01. The number of ether oxygens (including phenoxy) is 2. The molecule has 24 heavy (non-hydrogen) atoms. The molecule has 2 heterocycles. The average Bonchev–Trinajstić information content (AvgIpc) is 2.85. The number of aryl methyl sites for hydroxylation is 1. The van der Waals surface area contributed by atoms with E-state index in [1.54, 1.807) is 0 Å². The van der Waals surface area contributed by atoms with Gasteiger partial charge in [0.1, 0.15) is 18.8 Å². The molecule has 1 aromatic rings. The number of aromatic nitrogens is 2. The van der Waals surface area contributed by atoms with Gasteiger partial charge in [0.05, 0.1) is 6.61 Å². The fraction of sp³-hybridized carbons (Fsp3) is 0.538. The summed E-state index contributed by atoms with van der Waals surface area (Å²) in [5, 5.41) is 9.40. The molecule has 10 nitrogen and oxygen atoms in total. The molecule has 2 rings (SSSR count). The number of nitrogens with one attached hydrogen (secondary N) is 1. The number of hydrogen-bond donors (Lipinski definition) is 3. The van der Waals surface area contributed by atoms with E-state index in [1.165, 1.54) is 13.1 Å². The van der Waals surface area contributed by atoms with Gasteiger partial charge in [-0.3, -0.25) is 14.3 Å². The SMILES string of the molecule is C#CCOC1C(O[P+](=O)O)C(CO)OC1n1cc(C)c(=O)[nH]c1=O. The van der Waals surface area contributed by atoms with Crippen molar-refractivity contribution in [1.82, 2.24) is 9.55 Å². The number of hydrogen-bond acceptors (Lipinski definition) is 7. The predicted molar refractivity (Wildman–Crippen MR) is 80.3 cm³/mol. The molecule has 0 amide bonds. The first-order valence-electron chi connectivity index (χ1n) is 6.85. The third-order valence-electron chi connectivity index (χ3n) is 3.46. The highest BCUT2D eigenvalue weighted by atomic mass is 31.1. The topological polar surface area (TPSA) is 140 Å². The Morgan fingerprint density at radius 1 is 1.50 bits per heavy atom. The standard InChI is InChI=1S/C13H15N2O8P/c1-3-4-21-10-9(23-24(19)20)8(6-16)22-12(10)15-5-7(2)11(17)14-13(15)18/h1,5,8-10,12,16H,4,6H2,2H3,(H-,14,17,18,19,20)/p+1. The van der Waals surface area contributed by atoms with E-state index in [1.807, 2.05) is 0 Å². The Labute approximate surface area is 136 Å². The fourth-order valence-corrected chi connectivity index (χ4v) is 2.87. The van der Waals surface area contributed by atoms with Crippen LogP contribution >= 0.6 is 8.25 Å². The summed E-state index contributed by atoms with van der Waals surface area (Å²) in [5.74, 6) is 2.23. The zero-order chi connectivity index (χ0) is 17.9. The fourth-order valence-electron chi connectivity index (χ4n) is 2.41. The molecule has 0 aromatic carbocycles. The number of H-pyrrole nitrogens is 1. The van der Waals surface area contributed by atoms with Crippen molar-refractivity contribution in [2.75, 3.05) is 13.2 Å². The summed E-state index contributed by atoms with van der Waals surface area (Å²) in [5.41, 5.74) is -1.08. The second-order valence-corrected chi connectivity index (χ2v) is 5.70. The minimum absolute atomic E-state index is 0.179. The zero-order valence-electron chi connectivity index (χ0n) is 12.6. The Balaban J connectivity index is 2.45. The van der Waals surface area contributed by atoms with Gasteiger partial charge in [0.25, 0.3) is 5.56 Å². The molecular weight excluding hydrogens is 343 g/mol. The number of aromatic amines is 1. The third kappa shape index (κ3) is 3.79. The highest BCUT2D eigenvalue weighted by Gasteiger charge is 2.51. The van der Waals surface area contributed by atoms with Gasteiger partial charge in [-0.1, -0.05) is 5.92 Å². The lowest BCUT2D eigenvalue weighted by molar-refractivity contribution is -0.0677. The first-order valence-corrected chi connectivity index (χ1v) is 7.98. The molecule has 5 atom stereocenters. The first-order chi connectivity index (χ1) is 11.4. The molecule has 0 bridgehead atoms. The third-order valence-corrected chi connectivity index (χ3v) is 3.88. The largest absolute Gasteiger partial charge is 0.695 e. The van der Waals surface area contributed by atoms with Crippen LogP contribution in [0.2, 0.25) is 0 Å². The van der Waals surface area contributed by atoms with Gasteiger partial charge in [0.15, 0.2) is 12.3 Å². The van der Waals surface area contributed by atoms with Gasteiger partial charge in [-0.15, -0.1) is 15.8 Å². The van der Waals surface area contributed by atoms with Gasteiger partial charge in [0.2, 0.25) is 0 Å².